The van der Waals surface area contributed by atoms with Gasteiger partial charge in [-0.1, -0.05) is 48.6 Å². The SMILES string of the molecule is COc1ccc(/C=C/c2nc3ccc(/N=C/c4ccc5c(c4)CN4CN5Cc5cc(/C=N/c6ccc7nc(/C=C/c8ccc(OC)cc8)sc7c6)ccc54)cc3s2)cc1. The minimum absolute atomic E-state index is 0.847. The zero-order chi connectivity index (χ0) is 39.7. The Morgan fingerprint density at radius 1 is 0.508 bits per heavy atom. The summed E-state index contributed by atoms with van der Waals surface area (Å²) in [6, 6.07) is 41.8. The van der Waals surface area contributed by atoms with Crippen LogP contribution in [-0.2, 0) is 13.1 Å². The number of hydrogen-bond acceptors (Lipinski definition) is 10. The van der Waals surface area contributed by atoms with Gasteiger partial charge in [-0.25, -0.2) is 9.97 Å². The van der Waals surface area contributed by atoms with Gasteiger partial charge in [0.15, 0.2) is 0 Å². The second kappa shape index (κ2) is 15.8. The number of nitrogens with zero attached hydrogens (tertiary/aromatic N) is 6. The Bertz CT molecular complexity index is 2760. The zero-order valence-electron chi connectivity index (χ0n) is 32.4. The highest BCUT2D eigenvalue weighted by Crippen LogP contribution is 2.39. The Labute approximate surface area is 350 Å². The summed E-state index contributed by atoms with van der Waals surface area (Å²) >= 11 is 3.33. The Morgan fingerprint density at radius 3 is 1.39 bits per heavy atom. The van der Waals surface area contributed by atoms with Crippen molar-refractivity contribution in [3.8, 4) is 11.5 Å². The number of aromatic nitrogens is 2. The summed E-state index contributed by atoms with van der Waals surface area (Å²) in [5, 5.41) is 1.92. The van der Waals surface area contributed by atoms with Gasteiger partial charge >= 0.3 is 0 Å². The number of methoxy groups -OCH3 is 2. The van der Waals surface area contributed by atoms with Crippen LogP contribution in [0.3, 0.4) is 0 Å². The van der Waals surface area contributed by atoms with E-state index in [4.69, 9.17) is 29.4 Å². The molecule has 8 aromatic rings. The predicted molar refractivity (Wildman–Crippen MR) is 248 cm³/mol. The average Bonchev–Trinajstić information content (AvgIpc) is 3.89. The molecule has 2 bridgehead atoms. The zero-order valence-corrected chi connectivity index (χ0v) is 34.1. The number of fused-ring (bicyclic) bond motifs is 8. The maximum atomic E-state index is 5.27. The fraction of sp³-hybridized carbons (Fsp3) is 0.102. The molecule has 288 valence electrons. The van der Waals surface area contributed by atoms with Crippen molar-refractivity contribution in [2.24, 2.45) is 9.98 Å². The quantitative estimate of drug-likeness (QED) is 0.128. The van der Waals surface area contributed by atoms with E-state index in [9.17, 15) is 0 Å². The van der Waals surface area contributed by atoms with Crippen LogP contribution in [-0.4, -0.2) is 43.3 Å². The summed E-state index contributed by atoms with van der Waals surface area (Å²) in [5.74, 6) is 1.69. The molecule has 59 heavy (non-hydrogen) atoms. The minimum atomic E-state index is 0.847. The predicted octanol–water partition coefficient (Wildman–Crippen LogP) is 12.1. The molecule has 2 aliphatic rings. The van der Waals surface area contributed by atoms with Crippen LogP contribution in [0.15, 0.2) is 131 Å². The van der Waals surface area contributed by atoms with Crippen LogP contribution >= 0.6 is 22.7 Å². The van der Waals surface area contributed by atoms with Crippen molar-refractivity contribution < 1.29 is 9.47 Å². The third-order valence-electron chi connectivity index (χ3n) is 10.5. The molecule has 4 heterocycles. The van der Waals surface area contributed by atoms with Gasteiger partial charge in [0.05, 0.1) is 52.7 Å². The molecule has 0 spiro atoms. The summed E-state index contributed by atoms with van der Waals surface area (Å²) in [4.78, 5) is 24.2. The van der Waals surface area contributed by atoms with Gasteiger partial charge in [-0.3, -0.25) is 9.98 Å². The largest absolute Gasteiger partial charge is 0.497 e. The van der Waals surface area contributed by atoms with E-state index < -0.39 is 0 Å². The van der Waals surface area contributed by atoms with E-state index in [0.29, 0.717) is 0 Å². The third kappa shape index (κ3) is 7.88. The first-order chi connectivity index (χ1) is 29.0. The van der Waals surface area contributed by atoms with Crippen LogP contribution in [0, 0.1) is 0 Å². The molecule has 0 atom stereocenters. The highest BCUT2D eigenvalue weighted by molar-refractivity contribution is 7.19. The van der Waals surface area contributed by atoms with Gasteiger partial charge in [-0.05, 0) is 130 Å². The van der Waals surface area contributed by atoms with Crippen molar-refractivity contribution in [2.45, 2.75) is 13.1 Å². The Kier molecular flexibility index (Phi) is 9.77. The first-order valence-corrected chi connectivity index (χ1v) is 20.9. The molecule has 0 radical (unpaired) electrons. The lowest BCUT2D eigenvalue weighted by Crippen LogP contribution is -2.46. The van der Waals surface area contributed by atoms with E-state index in [2.05, 4.69) is 82.6 Å². The van der Waals surface area contributed by atoms with E-state index >= 15 is 0 Å². The second-order valence-corrected chi connectivity index (χ2v) is 16.6. The van der Waals surface area contributed by atoms with Gasteiger partial charge in [-0.15, -0.1) is 22.7 Å². The van der Waals surface area contributed by atoms with Gasteiger partial charge in [-0.2, -0.15) is 0 Å². The lowest BCUT2D eigenvalue weighted by Gasteiger charge is -2.45. The summed E-state index contributed by atoms with van der Waals surface area (Å²) < 4.78 is 12.8. The van der Waals surface area contributed by atoms with Crippen LogP contribution in [0.25, 0.3) is 44.7 Å². The molecule has 0 saturated carbocycles. The molecule has 0 aliphatic carbocycles. The van der Waals surface area contributed by atoms with Crippen LogP contribution in [0.4, 0.5) is 22.7 Å². The van der Waals surface area contributed by atoms with E-state index in [1.165, 1.54) is 22.5 Å². The van der Waals surface area contributed by atoms with Crippen LogP contribution in [0.2, 0.25) is 0 Å². The first kappa shape index (κ1) is 36.5. The summed E-state index contributed by atoms with van der Waals surface area (Å²) in [7, 11) is 3.35. The van der Waals surface area contributed by atoms with E-state index in [1.807, 2.05) is 85.2 Å². The first-order valence-electron chi connectivity index (χ1n) is 19.3. The van der Waals surface area contributed by atoms with Crippen LogP contribution in [0.1, 0.15) is 43.4 Å². The van der Waals surface area contributed by atoms with Crippen LogP contribution < -0.4 is 19.3 Å². The molecule has 0 saturated heterocycles. The molecule has 0 amide bonds. The van der Waals surface area contributed by atoms with Gasteiger partial charge in [0, 0.05) is 36.9 Å². The normalized spacial score (nSPS) is 13.7. The van der Waals surface area contributed by atoms with E-state index in [-0.39, 0.29) is 0 Å². The van der Waals surface area contributed by atoms with Crippen molar-refractivity contribution >= 4 is 103 Å². The molecule has 0 fully saturated rings. The summed E-state index contributed by atoms with van der Waals surface area (Å²) in [6.07, 6.45) is 12.2. The van der Waals surface area contributed by atoms with Crippen molar-refractivity contribution in [2.75, 3.05) is 30.7 Å². The molecule has 10 rings (SSSR count). The standard InChI is InChI=1S/C49H38N6O2S2/c1-56-40-13-3-32(4-14-40)9-21-48-52-42-17-11-38(25-46(42)58-48)50-27-34-7-19-44-36(23-34)29-54-31-55(44)30-37-24-35(8-20-45(37)54)28-51-39-12-18-43-47(26-39)59-49(53-43)22-10-33-5-15-41(57-2)16-6-33/h3-28H,29-31H2,1-2H3/b21-9+,22-10+,50-27+,51-28+. The highest BCUT2D eigenvalue weighted by atomic mass is 32.1. The fourth-order valence-electron chi connectivity index (χ4n) is 7.51. The number of aliphatic imine (C=N–C) groups is 2. The van der Waals surface area contributed by atoms with Gasteiger partial charge < -0.3 is 19.3 Å². The number of thiazole rings is 2. The smallest absolute Gasteiger partial charge is 0.118 e. The van der Waals surface area contributed by atoms with Crippen molar-refractivity contribution in [1.82, 2.24) is 9.97 Å². The van der Waals surface area contributed by atoms with E-state index in [0.717, 1.165) is 95.3 Å². The second-order valence-electron chi connectivity index (χ2n) is 14.5. The summed E-state index contributed by atoms with van der Waals surface area (Å²) in [5.41, 5.74) is 13.3. The van der Waals surface area contributed by atoms with E-state index in [1.54, 1.807) is 36.9 Å². The lowest BCUT2D eigenvalue weighted by atomic mass is 9.99. The van der Waals surface area contributed by atoms with Crippen molar-refractivity contribution in [1.29, 1.82) is 0 Å². The summed E-state index contributed by atoms with van der Waals surface area (Å²) in [6.45, 7) is 2.57. The highest BCUT2D eigenvalue weighted by Gasteiger charge is 2.29. The molecule has 2 aromatic heterocycles. The molecule has 2 aliphatic heterocycles. The maximum absolute atomic E-state index is 5.27. The number of ether oxygens (including phenoxy) is 2. The monoisotopic (exact) mass is 806 g/mol. The lowest BCUT2D eigenvalue weighted by molar-refractivity contribution is 0.414. The van der Waals surface area contributed by atoms with Crippen molar-refractivity contribution in [3.63, 3.8) is 0 Å². The third-order valence-corrected chi connectivity index (χ3v) is 12.5. The Balaban J connectivity index is 0.795. The number of hydrogen-bond donors (Lipinski definition) is 0. The maximum Gasteiger partial charge on any atom is 0.118 e. The molecule has 10 heteroatoms. The average molecular weight is 807 g/mol. The van der Waals surface area contributed by atoms with Crippen LogP contribution in [0.5, 0.6) is 11.5 Å². The molecular weight excluding hydrogens is 769 g/mol. The molecular formula is C49H38N6O2S2. The Hall–Kier alpha value is -6.88. The topological polar surface area (TPSA) is 75.4 Å². The number of benzene rings is 6. The molecule has 0 unspecified atom stereocenters. The Morgan fingerprint density at radius 2 is 0.949 bits per heavy atom. The fourth-order valence-corrected chi connectivity index (χ4v) is 9.32. The molecule has 0 N–H and O–H groups in total. The minimum Gasteiger partial charge on any atom is -0.497 e. The number of rotatable bonds is 10. The number of anilines is 2. The van der Waals surface area contributed by atoms with Gasteiger partial charge in [0.25, 0.3) is 0 Å². The molecule has 8 nitrogen and oxygen atoms in total. The van der Waals surface area contributed by atoms with Gasteiger partial charge in [0.1, 0.15) is 21.5 Å². The molecule has 6 aromatic carbocycles. The van der Waals surface area contributed by atoms with Crippen molar-refractivity contribution in [3.05, 3.63) is 165 Å². The van der Waals surface area contributed by atoms with Gasteiger partial charge in [0.2, 0.25) is 0 Å².